The highest BCUT2D eigenvalue weighted by atomic mass is 35.5. The summed E-state index contributed by atoms with van der Waals surface area (Å²) in [6.07, 6.45) is 0. The van der Waals surface area contributed by atoms with Crippen molar-refractivity contribution in [3.8, 4) is 0 Å². The van der Waals surface area contributed by atoms with Crippen molar-refractivity contribution < 1.29 is 18.0 Å². The monoisotopic (exact) mass is 392 g/mol. The number of nitrogens with zero attached hydrogens (tertiary/aromatic N) is 2. The molecule has 138 valence electrons. The zero-order valence-electron chi connectivity index (χ0n) is 13.9. The zero-order valence-corrected chi connectivity index (χ0v) is 14.6. The predicted molar refractivity (Wildman–Crippen MR) is 95.8 cm³/mol. The summed E-state index contributed by atoms with van der Waals surface area (Å²) < 4.78 is 40.0. The van der Waals surface area contributed by atoms with Gasteiger partial charge >= 0.3 is 0 Å². The van der Waals surface area contributed by atoms with Crippen LogP contribution in [-0.4, -0.2) is 15.9 Å². The summed E-state index contributed by atoms with van der Waals surface area (Å²) in [4.78, 5) is 20.6. The molecule has 0 saturated heterocycles. The number of aryl methyl sites for hydroxylation is 1. The van der Waals surface area contributed by atoms with E-state index in [9.17, 15) is 18.0 Å². The first-order valence-electron chi connectivity index (χ1n) is 7.66. The molecule has 27 heavy (non-hydrogen) atoms. The van der Waals surface area contributed by atoms with Gasteiger partial charge in [-0.2, -0.15) is 0 Å². The number of benzene rings is 2. The van der Waals surface area contributed by atoms with Crippen LogP contribution in [0.15, 0.2) is 42.5 Å². The Morgan fingerprint density at radius 1 is 1.00 bits per heavy atom. The van der Waals surface area contributed by atoms with E-state index in [0.717, 1.165) is 6.07 Å². The number of nitrogens with one attached hydrogen (secondary N) is 2. The fraction of sp³-hybridized carbons (Fsp3) is 0.0556. The summed E-state index contributed by atoms with van der Waals surface area (Å²) in [7, 11) is 0. The number of rotatable bonds is 4. The third kappa shape index (κ3) is 4.35. The lowest BCUT2D eigenvalue weighted by Gasteiger charge is -2.10. The van der Waals surface area contributed by atoms with Crippen molar-refractivity contribution in [1.82, 2.24) is 9.97 Å². The van der Waals surface area contributed by atoms with Crippen LogP contribution < -0.4 is 10.6 Å². The van der Waals surface area contributed by atoms with Gasteiger partial charge in [0, 0.05) is 16.4 Å². The Labute approximate surface area is 157 Å². The summed E-state index contributed by atoms with van der Waals surface area (Å²) in [5.41, 5.74) is 0.533. The standard InChI is InChI=1S/C18H12ClF3N4O/c1-9-8-14(17(27)25-13-7-6-12(20)15(21)16(13)22)26-18(23-9)24-11-4-2-10(19)3-5-11/h2-8H,1H3,(H,25,27)(H,23,24,26). The van der Waals surface area contributed by atoms with Crippen molar-refractivity contribution in [2.24, 2.45) is 0 Å². The van der Waals surface area contributed by atoms with E-state index in [1.807, 2.05) is 0 Å². The molecular weight excluding hydrogens is 381 g/mol. The second-order valence-corrected chi connectivity index (χ2v) is 5.96. The maximum absolute atomic E-state index is 13.7. The molecular formula is C18H12ClF3N4O. The third-order valence-electron chi connectivity index (χ3n) is 3.47. The second kappa shape index (κ2) is 7.63. The van der Waals surface area contributed by atoms with E-state index in [1.54, 1.807) is 31.2 Å². The van der Waals surface area contributed by atoms with Crippen molar-refractivity contribution in [3.05, 3.63) is 76.3 Å². The maximum atomic E-state index is 13.7. The van der Waals surface area contributed by atoms with Gasteiger partial charge in [0.2, 0.25) is 5.95 Å². The van der Waals surface area contributed by atoms with Crippen LogP contribution in [-0.2, 0) is 0 Å². The number of hydrogen-bond acceptors (Lipinski definition) is 4. The van der Waals surface area contributed by atoms with Crippen molar-refractivity contribution in [2.75, 3.05) is 10.6 Å². The molecule has 3 aromatic rings. The molecule has 2 N–H and O–H groups in total. The lowest BCUT2D eigenvalue weighted by atomic mass is 10.2. The molecule has 0 unspecified atom stereocenters. The fourth-order valence-corrected chi connectivity index (χ4v) is 2.34. The molecule has 0 radical (unpaired) electrons. The first-order valence-corrected chi connectivity index (χ1v) is 8.04. The minimum absolute atomic E-state index is 0.0805. The Kier molecular flexibility index (Phi) is 5.27. The number of hydrogen-bond donors (Lipinski definition) is 2. The van der Waals surface area contributed by atoms with E-state index < -0.39 is 29.0 Å². The summed E-state index contributed by atoms with van der Waals surface area (Å²) in [5.74, 6) is -5.18. The molecule has 0 spiro atoms. The Hall–Kier alpha value is -3.13. The number of carbonyl (C=O) groups is 1. The summed E-state index contributed by atoms with van der Waals surface area (Å²) in [6, 6.07) is 9.74. The summed E-state index contributed by atoms with van der Waals surface area (Å²) in [6.45, 7) is 1.64. The van der Waals surface area contributed by atoms with Gasteiger partial charge in [-0.15, -0.1) is 0 Å². The molecule has 1 amide bonds. The minimum Gasteiger partial charge on any atom is -0.324 e. The van der Waals surface area contributed by atoms with Gasteiger partial charge in [0.25, 0.3) is 5.91 Å². The van der Waals surface area contributed by atoms with E-state index >= 15 is 0 Å². The quantitative estimate of drug-likeness (QED) is 0.623. The number of amides is 1. The number of halogens is 4. The van der Waals surface area contributed by atoms with Gasteiger partial charge in [0.05, 0.1) is 5.69 Å². The lowest BCUT2D eigenvalue weighted by molar-refractivity contribution is 0.102. The van der Waals surface area contributed by atoms with Gasteiger partial charge in [-0.05, 0) is 49.4 Å². The van der Waals surface area contributed by atoms with Gasteiger partial charge in [-0.3, -0.25) is 4.79 Å². The van der Waals surface area contributed by atoms with Crippen molar-refractivity contribution in [3.63, 3.8) is 0 Å². The van der Waals surface area contributed by atoms with Crippen molar-refractivity contribution in [2.45, 2.75) is 6.92 Å². The Morgan fingerprint density at radius 3 is 2.41 bits per heavy atom. The van der Waals surface area contributed by atoms with Gasteiger partial charge in [0.1, 0.15) is 5.69 Å². The van der Waals surface area contributed by atoms with Crippen molar-refractivity contribution >= 4 is 34.8 Å². The van der Waals surface area contributed by atoms with E-state index in [1.165, 1.54) is 6.07 Å². The normalized spacial score (nSPS) is 10.6. The second-order valence-electron chi connectivity index (χ2n) is 5.53. The van der Waals surface area contributed by atoms with Crippen LogP contribution in [0, 0.1) is 24.4 Å². The molecule has 9 heteroatoms. The van der Waals surface area contributed by atoms with Crippen LogP contribution in [0.2, 0.25) is 5.02 Å². The van der Waals surface area contributed by atoms with Crippen molar-refractivity contribution in [1.29, 1.82) is 0 Å². The van der Waals surface area contributed by atoms with Gasteiger partial charge < -0.3 is 10.6 Å². The van der Waals surface area contributed by atoms with Crippen LogP contribution in [0.4, 0.5) is 30.5 Å². The number of aromatic nitrogens is 2. The number of anilines is 3. The fourth-order valence-electron chi connectivity index (χ4n) is 2.21. The van der Waals surface area contributed by atoms with Crippen LogP contribution in [0.25, 0.3) is 0 Å². The first kappa shape index (κ1) is 18.7. The predicted octanol–water partition coefficient (Wildman–Crippen LogP) is 4.85. The van der Waals surface area contributed by atoms with E-state index in [2.05, 4.69) is 20.6 Å². The van der Waals surface area contributed by atoms with E-state index in [-0.39, 0.29) is 11.6 Å². The molecule has 0 bridgehead atoms. The highest BCUT2D eigenvalue weighted by Gasteiger charge is 2.17. The zero-order chi connectivity index (χ0) is 19.6. The number of carbonyl (C=O) groups excluding carboxylic acids is 1. The minimum atomic E-state index is -1.67. The highest BCUT2D eigenvalue weighted by Crippen LogP contribution is 2.21. The topological polar surface area (TPSA) is 66.9 Å². The molecule has 3 rings (SSSR count). The molecule has 0 atom stereocenters. The molecule has 2 aromatic carbocycles. The average molecular weight is 393 g/mol. The Morgan fingerprint density at radius 2 is 1.70 bits per heavy atom. The van der Waals surface area contributed by atoms with E-state index in [0.29, 0.717) is 22.5 Å². The molecule has 1 aromatic heterocycles. The molecule has 0 aliphatic rings. The van der Waals surface area contributed by atoms with Gasteiger partial charge in [-0.25, -0.2) is 23.1 Å². The molecule has 5 nitrogen and oxygen atoms in total. The van der Waals surface area contributed by atoms with Gasteiger partial charge in [0.15, 0.2) is 17.5 Å². The maximum Gasteiger partial charge on any atom is 0.274 e. The average Bonchev–Trinajstić information content (AvgIpc) is 2.63. The Balaban J connectivity index is 1.84. The Bertz CT molecular complexity index is 1010. The SMILES string of the molecule is Cc1cc(C(=O)Nc2ccc(F)c(F)c2F)nc(Nc2ccc(Cl)cc2)n1. The summed E-state index contributed by atoms with van der Waals surface area (Å²) >= 11 is 5.82. The largest absolute Gasteiger partial charge is 0.324 e. The molecule has 0 aliphatic carbocycles. The van der Waals surface area contributed by atoms with Crippen LogP contribution in [0.3, 0.4) is 0 Å². The van der Waals surface area contributed by atoms with Gasteiger partial charge in [-0.1, -0.05) is 11.6 Å². The third-order valence-corrected chi connectivity index (χ3v) is 3.72. The molecule has 0 fully saturated rings. The molecule has 1 heterocycles. The summed E-state index contributed by atoms with van der Waals surface area (Å²) in [5, 5.41) is 5.63. The van der Waals surface area contributed by atoms with E-state index in [4.69, 9.17) is 11.6 Å². The molecule has 0 saturated carbocycles. The van der Waals surface area contributed by atoms with Crippen LogP contribution in [0.5, 0.6) is 0 Å². The van der Waals surface area contributed by atoms with Crippen LogP contribution in [0.1, 0.15) is 16.2 Å². The first-order chi connectivity index (χ1) is 12.8. The molecule has 0 aliphatic heterocycles. The van der Waals surface area contributed by atoms with Crippen LogP contribution >= 0.6 is 11.6 Å². The lowest BCUT2D eigenvalue weighted by Crippen LogP contribution is -2.17. The smallest absolute Gasteiger partial charge is 0.274 e. The highest BCUT2D eigenvalue weighted by molar-refractivity contribution is 6.30.